The summed E-state index contributed by atoms with van der Waals surface area (Å²) in [4.78, 5) is 21.2. The molecule has 0 aliphatic rings. The molecule has 0 N–H and O–H groups in total. The highest BCUT2D eigenvalue weighted by molar-refractivity contribution is 6.33. The van der Waals surface area contributed by atoms with E-state index in [1.54, 1.807) is 10.6 Å². The molecule has 0 fully saturated rings. The van der Waals surface area contributed by atoms with Crippen LogP contribution in [-0.2, 0) is 13.0 Å². The molecule has 196 valence electrons. The number of amides is 1. The highest BCUT2D eigenvalue weighted by Crippen LogP contribution is 2.29. The molecule has 0 saturated heterocycles. The zero-order valence-corrected chi connectivity index (χ0v) is 22.6. The molecule has 6 heteroatoms. The first-order valence-electron chi connectivity index (χ1n) is 13.2. The number of benzene rings is 4. The summed E-state index contributed by atoms with van der Waals surface area (Å²) in [7, 11) is 0. The van der Waals surface area contributed by atoms with Crippen molar-refractivity contribution in [2.24, 2.45) is 0 Å². The fourth-order valence-electron chi connectivity index (χ4n) is 4.81. The van der Waals surface area contributed by atoms with Crippen LogP contribution in [0.5, 0.6) is 0 Å². The normalized spacial score (nSPS) is 11.0. The van der Waals surface area contributed by atoms with E-state index in [-0.39, 0.29) is 5.91 Å². The van der Waals surface area contributed by atoms with Gasteiger partial charge in [0.25, 0.3) is 5.91 Å². The number of nitrogens with zero attached hydrogens (tertiary/aromatic N) is 4. The third kappa shape index (κ3) is 5.51. The number of carbonyl (C=O) groups excluding carboxylic acids is 1. The predicted octanol–water partition coefficient (Wildman–Crippen LogP) is 7.60. The summed E-state index contributed by atoms with van der Waals surface area (Å²) in [6.45, 7) is 1.03. The van der Waals surface area contributed by atoms with E-state index in [0.29, 0.717) is 35.1 Å². The number of hydrogen-bond donors (Lipinski definition) is 0. The van der Waals surface area contributed by atoms with Crippen LogP contribution >= 0.6 is 11.6 Å². The molecular formula is C34H27ClN4O. The van der Waals surface area contributed by atoms with Crippen LogP contribution in [0.2, 0.25) is 5.02 Å². The van der Waals surface area contributed by atoms with Crippen molar-refractivity contribution in [1.82, 2.24) is 19.5 Å². The standard InChI is InChI=1S/C34H27ClN4O/c35-29-19-11-10-18-28(29)31-22-32(39-33(36-31)23-30(37-39)27-16-8-3-9-17-27)34(40)38(24-26-14-6-2-7-15-26)21-20-25-12-4-1-5-13-25/h1-19,22-23H,20-21,24H2. The van der Waals surface area contributed by atoms with E-state index in [0.717, 1.165) is 28.8 Å². The highest BCUT2D eigenvalue weighted by Gasteiger charge is 2.23. The van der Waals surface area contributed by atoms with Gasteiger partial charge in [-0.3, -0.25) is 4.79 Å². The van der Waals surface area contributed by atoms with Crippen molar-refractivity contribution in [3.63, 3.8) is 0 Å². The summed E-state index contributed by atoms with van der Waals surface area (Å²) in [5.74, 6) is -0.122. The lowest BCUT2D eigenvalue weighted by atomic mass is 10.1. The molecular weight excluding hydrogens is 516 g/mol. The summed E-state index contributed by atoms with van der Waals surface area (Å²) >= 11 is 6.57. The third-order valence-corrected chi connectivity index (χ3v) is 7.21. The molecule has 0 spiro atoms. The van der Waals surface area contributed by atoms with Crippen LogP contribution in [0.1, 0.15) is 21.6 Å². The van der Waals surface area contributed by atoms with E-state index in [4.69, 9.17) is 21.7 Å². The first-order chi connectivity index (χ1) is 19.7. The maximum atomic E-state index is 14.4. The topological polar surface area (TPSA) is 50.5 Å². The lowest BCUT2D eigenvalue weighted by molar-refractivity contribution is 0.0736. The molecule has 0 aliphatic carbocycles. The molecule has 40 heavy (non-hydrogen) atoms. The van der Waals surface area contributed by atoms with Gasteiger partial charge in [0.1, 0.15) is 5.69 Å². The summed E-state index contributed by atoms with van der Waals surface area (Å²) in [5.41, 5.74) is 6.36. The average Bonchev–Trinajstić information content (AvgIpc) is 3.45. The van der Waals surface area contributed by atoms with Crippen LogP contribution in [-0.4, -0.2) is 31.9 Å². The lowest BCUT2D eigenvalue weighted by Crippen LogP contribution is -2.34. The third-order valence-electron chi connectivity index (χ3n) is 6.88. The number of carbonyl (C=O) groups is 1. The number of rotatable bonds is 8. The number of hydrogen-bond acceptors (Lipinski definition) is 3. The molecule has 0 atom stereocenters. The molecule has 6 aromatic rings. The van der Waals surface area contributed by atoms with E-state index >= 15 is 0 Å². The summed E-state index contributed by atoms with van der Waals surface area (Å²) < 4.78 is 1.66. The van der Waals surface area contributed by atoms with Gasteiger partial charge in [-0.15, -0.1) is 0 Å². The Morgan fingerprint density at radius 2 is 1.35 bits per heavy atom. The second kappa shape index (κ2) is 11.6. The van der Waals surface area contributed by atoms with Gasteiger partial charge in [0.05, 0.1) is 11.4 Å². The quantitative estimate of drug-likeness (QED) is 0.199. The van der Waals surface area contributed by atoms with Crippen LogP contribution in [0.3, 0.4) is 0 Å². The van der Waals surface area contributed by atoms with Crippen LogP contribution in [0.15, 0.2) is 127 Å². The first-order valence-corrected chi connectivity index (χ1v) is 13.6. The van der Waals surface area contributed by atoms with E-state index in [1.165, 1.54) is 5.56 Å². The van der Waals surface area contributed by atoms with Gasteiger partial charge in [-0.2, -0.15) is 5.10 Å². The Balaban J connectivity index is 1.46. The van der Waals surface area contributed by atoms with Crippen LogP contribution in [0, 0.1) is 0 Å². The van der Waals surface area contributed by atoms with Gasteiger partial charge in [-0.1, -0.05) is 121 Å². The van der Waals surface area contributed by atoms with Crippen molar-refractivity contribution in [2.45, 2.75) is 13.0 Å². The minimum Gasteiger partial charge on any atom is -0.333 e. The van der Waals surface area contributed by atoms with E-state index in [9.17, 15) is 4.79 Å². The minimum absolute atomic E-state index is 0.122. The molecule has 4 aromatic carbocycles. The fraction of sp³-hybridized carbons (Fsp3) is 0.0882. The summed E-state index contributed by atoms with van der Waals surface area (Å²) in [6.07, 6.45) is 0.735. The Labute approximate surface area is 238 Å². The number of fused-ring (bicyclic) bond motifs is 1. The van der Waals surface area contributed by atoms with Gasteiger partial charge in [0.2, 0.25) is 0 Å². The predicted molar refractivity (Wildman–Crippen MR) is 160 cm³/mol. The van der Waals surface area contributed by atoms with Crippen molar-refractivity contribution in [3.8, 4) is 22.5 Å². The molecule has 0 saturated carbocycles. The smallest absolute Gasteiger partial charge is 0.272 e. The van der Waals surface area contributed by atoms with E-state index < -0.39 is 0 Å². The molecule has 0 radical (unpaired) electrons. The van der Waals surface area contributed by atoms with Crippen molar-refractivity contribution in [2.75, 3.05) is 6.54 Å². The zero-order valence-electron chi connectivity index (χ0n) is 21.8. The van der Waals surface area contributed by atoms with Crippen molar-refractivity contribution < 1.29 is 4.79 Å². The van der Waals surface area contributed by atoms with Crippen LogP contribution in [0.25, 0.3) is 28.2 Å². The second-order valence-electron chi connectivity index (χ2n) is 9.62. The molecule has 1 amide bonds. The molecule has 0 unspecified atom stereocenters. The Hall–Kier alpha value is -4.74. The van der Waals surface area contributed by atoms with Gasteiger partial charge in [0.15, 0.2) is 5.65 Å². The number of halogens is 1. The van der Waals surface area contributed by atoms with Gasteiger partial charge in [-0.05, 0) is 29.7 Å². The summed E-state index contributed by atoms with van der Waals surface area (Å²) in [6, 6.07) is 41.5. The van der Waals surface area contributed by atoms with Gasteiger partial charge >= 0.3 is 0 Å². The Bertz CT molecular complexity index is 1750. The summed E-state index contributed by atoms with van der Waals surface area (Å²) in [5, 5.41) is 5.42. The largest absolute Gasteiger partial charge is 0.333 e. The molecule has 2 heterocycles. The van der Waals surface area contributed by atoms with Crippen molar-refractivity contribution in [1.29, 1.82) is 0 Å². The minimum atomic E-state index is -0.122. The zero-order chi connectivity index (χ0) is 27.3. The van der Waals surface area contributed by atoms with Crippen molar-refractivity contribution >= 4 is 23.2 Å². The first kappa shape index (κ1) is 25.5. The molecule has 2 aromatic heterocycles. The van der Waals surface area contributed by atoms with E-state index in [1.807, 2.05) is 114 Å². The average molecular weight is 543 g/mol. The maximum absolute atomic E-state index is 14.4. The molecule has 5 nitrogen and oxygen atoms in total. The second-order valence-corrected chi connectivity index (χ2v) is 10.0. The van der Waals surface area contributed by atoms with E-state index in [2.05, 4.69) is 12.1 Å². The maximum Gasteiger partial charge on any atom is 0.272 e. The fourth-order valence-corrected chi connectivity index (χ4v) is 5.04. The van der Waals surface area contributed by atoms with Gasteiger partial charge in [-0.25, -0.2) is 9.50 Å². The molecule has 6 rings (SSSR count). The van der Waals surface area contributed by atoms with Crippen molar-refractivity contribution in [3.05, 3.63) is 149 Å². The SMILES string of the molecule is O=C(c1cc(-c2ccccc2Cl)nc2cc(-c3ccccc3)nn12)N(CCc1ccccc1)Cc1ccccc1. The number of aromatic nitrogens is 3. The monoisotopic (exact) mass is 542 g/mol. The van der Waals surface area contributed by atoms with Crippen LogP contribution in [0.4, 0.5) is 0 Å². The Morgan fingerprint density at radius 1 is 0.725 bits per heavy atom. The Morgan fingerprint density at radius 3 is 2.05 bits per heavy atom. The lowest BCUT2D eigenvalue weighted by Gasteiger charge is -2.23. The van der Waals surface area contributed by atoms with Gasteiger partial charge < -0.3 is 4.90 Å². The molecule has 0 bridgehead atoms. The van der Waals surface area contributed by atoms with Crippen LogP contribution < -0.4 is 0 Å². The Kier molecular flexibility index (Phi) is 7.38. The van der Waals surface area contributed by atoms with Gasteiger partial charge in [0, 0.05) is 35.3 Å². The highest BCUT2D eigenvalue weighted by atomic mass is 35.5. The molecule has 0 aliphatic heterocycles.